The highest BCUT2D eigenvalue weighted by Gasteiger charge is 1.95. The van der Waals surface area contributed by atoms with Gasteiger partial charge in [0.15, 0.2) is 0 Å². The highest BCUT2D eigenvalue weighted by molar-refractivity contribution is 5.51. The first-order valence-electron chi connectivity index (χ1n) is 4.01. The maximum absolute atomic E-state index is 7.25. The average Bonchev–Trinajstić information content (AvgIpc) is 2.04. The molecule has 0 aliphatic rings. The van der Waals surface area contributed by atoms with Crippen LogP contribution in [-0.4, -0.2) is 14.1 Å². The number of benzene rings is 1. The minimum Gasteiger partial charge on any atom is -0.377 e. The summed E-state index contributed by atoms with van der Waals surface area (Å²) in [7, 11) is 3.99. The summed E-state index contributed by atoms with van der Waals surface area (Å²) in [6.07, 6.45) is 0. The Kier molecular flexibility index (Phi) is 1.58. The SMILES string of the molecule is [2H]Cc1ccccc1N(C)C. The lowest BCUT2D eigenvalue weighted by Gasteiger charge is -2.14. The van der Waals surface area contributed by atoms with Crippen LogP contribution in [0.15, 0.2) is 24.3 Å². The normalized spacial score (nSPS) is 10.8. The zero-order chi connectivity index (χ0) is 8.27. The van der Waals surface area contributed by atoms with Crippen molar-refractivity contribution in [2.45, 2.75) is 6.90 Å². The molecule has 10 heavy (non-hydrogen) atoms. The molecule has 0 fully saturated rings. The van der Waals surface area contributed by atoms with Gasteiger partial charge in [-0.15, -0.1) is 0 Å². The Hall–Kier alpha value is -0.980. The average molecular weight is 136 g/mol. The van der Waals surface area contributed by atoms with Gasteiger partial charge in [0, 0.05) is 21.2 Å². The molecule has 0 radical (unpaired) electrons. The van der Waals surface area contributed by atoms with Crippen molar-refractivity contribution in [1.82, 2.24) is 0 Å². The Bertz CT molecular complexity index is 233. The molecule has 0 aliphatic carbocycles. The largest absolute Gasteiger partial charge is 0.377 e. The molecule has 1 nitrogen and oxygen atoms in total. The zero-order valence-electron chi connectivity index (χ0n) is 7.46. The molecule has 0 bridgehead atoms. The van der Waals surface area contributed by atoms with Gasteiger partial charge in [-0.1, -0.05) is 18.2 Å². The number of para-hydroxylation sites is 1. The number of hydrogen-bond donors (Lipinski definition) is 0. The molecule has 54 valence electrons. The van der Waals surface area contributed by atoms with Crippen molar-refractivity contribution in [2.75, 3.05) is 19.0 Å². The summed E-state index contributed by atoms with van der Waals surface area (Å²) < 4.78 is 7.25. The Labute approximate surface area is 63.7 Å². The van der Waals surface area contributed by atoms with E-state index in [1.54, 1.807) is 0 Å². The molecule has 1 rings (SSSR count). The summed E-state index contributed by atoms with van der Waals surface area (Å²) in [6, 6.07) is 7.98. The van der Waals surface area contributed by atoms with Gasteiger partial charge in [0.1, 0.15) is 0 Å². The third-order valence-electron chi connectivity index (χ3n) is 1.47. The van der Waals surface area contributed by atoms with Crippen molar-refractivity contribution < 1.29 is 1.37 Å². The first kappa shape index (κ1) is 5.78. The zero-order valence-corrected chi connectivity index (χ0v) is 6.46. The van der Waals surface area contributed by atoms with Crippen LogP contribution in [0, 0.1) is 6.90 Å². The van der Waals surface area contributed by atoms with Gasteiger partial charge in [0.05, 0.1) is 0 Å². The van der Waals surface area contributed by atoms with Crippen LogP contribution < -0.4 is 4.90 Å². The molecule has 0 N–H and O–H groups in total. The van der Waals surface area contributed by atoms with Gasteiger partial charge in [0.2, 0.25) is 0 Å². The van der Waals surface area contributed by atoms with E-state index in [2.05, 4.69) is 0 Å². The van der Waals surface area contributed by atoms with Crippen molar-refractivity contribution in [3.8, 4) is 0 Å². The predicted octanol–water partition coefficient (Wildman–Crippen LogP) is 2.06. The maximum Gasteiger partial charge on any atom is 0.0390 e. The molecule has 1 aromatic rings. The van der Waals surface area contributed by atoms with Crippen molar-refractivity contribution in [1.29, 1.82) is 0 Å². The van der Waals surface area contributed by atoms with Crippen LogP contribution in [0.3, 0.4) is 0 Å². The van der Waals surface area contributed by atoms with Crippen LogP contribution in [0.4, 0.5) is 5.69 Å². The first-order valence-corrected chi connectivity index (χ1v) is 3.30. The van der Waals surface area contributed by atoms with E-state index in [1.807, 2.05) is 43.3 Å². The lowest BCUT2D eigenvalue weighted by atomic mass is 10.2. The lowest BCUT2D eigenvalue weighted by molar-refractivity contribution is 1.11. The molecule has 0 spiro atoms. The molecule has 0 saturated heterocycles. The second-order valence-corrected chi connectivity index (χ2v) is 2.52. The molecule has 0 aliphatic heterocycles. The van der Waals surface area contributed by atoms with Crippen LogP contribution in [0.1, 0.15) is 6.93 Å². The number of aryl methyl sites for hydroxylation is 1. The fraction of sp³-hybridized carbons (Fsp3) is 0.333. The molecular formula is C9H13N. The van der Waals surface area contributed by atoms with Crippen LogP contribution in [-0.2, 0) is 0 Å². The molecule has 0 saturated carbocycles. The monoisotopic (exact) mass is 136 g/mol. The van der Waals surface area contributed by atoms with Crippen LogP contribution in [0.25, 0.3) is 0 Å². The Balaban J connectivity index is 3.02. The van der Waals surface area contributed by atoms with Gasteiger partial charge in [-0.3, -0.25) is 0 Å². The fourth-order valence-corrected chi connectivity index (χ4v) is 0.947. The molecule has 0 aromatic heterocycles. The van der Waals surface area contributed by atoms with Gasteiger partial charge < -0.3 is 4.90 Å². The minimum atomic E-state index is 0.356. The Morgan fingerprint density at radius 1 is 1.30 bits per heavy atom. The number of rotatable bonds is 1. The van der Waals surface area contributed by atoms with Gasteiger partial charge in [-0.05, 0) is 18.5 Å². The Morgan fingerprint density at radius 3 is 2.50 bits per heavy atom. The lowest BCUT2D eigenvalue weighted by Crippen LogP contribution is -2.09. The second-order valence-electron chi connectivity index (χ2n) is 2.52. The third-order valence-corrected chi connectivity index (χ3v) is 1.47. The minimum absolute atomic E-state index is 0.356. The van der Waals surface area contributed by atoms with E-state index < -0.39 is 0 Å². The number of nitrogens with zero attached hydrogens (tertiary/aromatic N) is 1. The highest BCUT2D eigenvalue weighted by Crippen LogP contribution is 2.15. The molecule has 0 amide bonds. The summed E-state index contributed by atoms with van der Waals surface area (Å²) in [5.74, 6) is 0. The quantitative estimate of drug-likeness (QED) is 0.571. The van der Waals surface area contributed by atoms with E-state index in [9.17, 15) is 0 Å². The molecule has 1 aromatic carbocycles. The van der Waals surface area contributed by atoms with Gasteiger partial charge in [-0.2, -0.15) is 0 Å². The molecule has 0 heterocycles. The van der Waals surface area contributed by atoms with E-state index in [-0.39, 0.29) is 0 Å². The van der Waals surface area contributed by atoms with E-state index in [0.717, 1.165) is 11.3 Å². The molecular weight excluding hydrogens is 122 g/mol. The summed E-state index contributed by atoms with van der Waals surface area (Å²) in [6.45, 7) is 0.356. The molecule has 1 heteroatoms. The smallest absolute Gasteiger partial charge is 0.0390 e. The van der Waals surface area contributed by atoms with Gasteiger partial charge in [0.25, 0.3) is 0 Å². The maximum atomic E-state index is 7.25. The van der Waals surface area contributed by atoms with Crippen LogP contribution in [0.5, 0.6) is 0 Å². The molecule has 0 atom stereocenters. The highest BCUT2D eigenvalue weighted by atomic mass is 15.1. The number of anilines is 1. The molecule has 0 unspecified atom stereocenters. The topological polar surface area (TPSA) is 3.24 Å². The van der Waals surface area contributed by atoms with Gasteiger partial charge in [-0.25, -0.2) is 0 Å². The van der Waals surface area contributed by atoms with Crippen molar-refractivity contribution in [3.63, 3.8) is 0 Å². The van der Waals surface area contributed by atoms with Crippen molar-refractivity contribution in [3.05, 3.63) is 29.8 Å². The van der Waals surface area contributed by atoms with E-state index in [0.29, 0.717) is 6.90 Å². The third kappa shape index (κ3) is 1.29. The van der Waals surface area contributed by atoms with Crippen molar-refractivity contribution in [2.24, 2.45) is 0 Å². The van der Waals surface area contributed by atoms with E-state index >= 15 is 0 Å². The second kappa shape index (κ2) is 2.74. The number of hydrogen-bond acceptors (Lipinski definition) is 1. The predicted molar refractivity (Wildman–Crippen MR) is 45.5 cm³/mol. The standard InChI is InChI=1S/C9H13N/c1-8-6-4-5-7-9(8)10(2)3/h4-7H,1-3H3/i1D. The summed E-state index contributed by atoms with van der Waals surface area (Å²) >= 11 is 0. The Morgan fingerprint density at radius 2 is 2.00 bits per heavy atom. The summed E-state index contributed by atoms with van der Waals surface area (Å²) in [4.78, 5) is 2.03. The van der Waals surface area contributed by atoms with E-state index in [1.165, 1.54) is 0 Å². The van der Waals surface area contributed by atoms with Gasteiger partial charge >= 0.3 is 0 Å². The van der Waals surface area contributed by atoms with Crippen LogP contribution in [0.2, 0.25) is 0 Å². The fourth-order valence-electron chi connectivity index (χ4n) is 0.947. The summed E-state index contributed by atoms with van der Waals surface area (Å²) in [5, 5.41) is 0. The summed E-state index contributed by atoms with van der Waals surface area (Å²) in [5.41, 5.74) is 2.22. The van der Waals surface area contributed by atoms with E-state index in [4.69, 9.17) is 1.37 Å². The van der Waals surface area contributed by atoms with Crippen molar-refractivity contribution >= 4 is 5.69 Å². The first-order chi connectivity index (χ1) is 5.25. The van der Waals surface area contributed by atoms with Crippen LogP contribution >= 0.6 is 0 Å².